The highest BCUT2D eigenvalue weighted by molar-refractivity contribution is 8.45. The first kappa shape index (κ1) is 29.7. The molecular formula is C35H34N2O3S2. The highest BCUT2D eigenvalue weighted by atomic mass is 32.2. The number of rotatable bonds is 7. The van der Waals surface area contributed by atoms with E-state index in [1.54, 1.807) is 0 Å². The number of carbonyl (C=O) groups is 2. The third-order valence-electron chi connectivity index (χ3n) is 7.14. The number of aliphatic carboxylic acids is 1. The van der Waals surface area contributed by atoms with Crippen LogP contribution in [0, 0.1) is 19.3 Å². The molecule has 0 atom stereocenters. The summed E-state index contributed by atoms with van der Waals surface area (Å²) in [4.78, 5) is 30.4. The molecule has 0 amide bonds. The van der Waals surface area contributed by atoms with Crippen LogP contribution in [0.3, 0.4) is 0 Å². The van der Waals surface area contributed by atoms with E-state index in [1.807, 2.05) is 0 Å². The molecule has 5 nitrogen and oxygen atoms in total. The van der Waals surface area contributed by atoms with E-state index in [2.05, 4.69) is 129 Å². The Morgan fingerprint density at radius 2 is 1.45 bits per heavy atom. The molecule has 1 heterocycles. The summed E-state index contributed by atoms with van der Waals surface area (Å²) < 4.78 is 0.504. The molecule has 3 aromatic rings. The summed E-state index contributed by atoms with van der Waals surface area (Å²) in [6.07, 6.45) is 7.96. The third-order valence-corrected chi connectivity index (χ3v) is 9.11. The highest BCUT2D eigenvalue weighted by Crippen LogP contribution is 2.43. The van der Waals surface area contributed by atoms with Gasteiger partial charge in [0.15, 0.2) is 0 Å². The Morgan fingerprint density at radius 1 is 0.905 bits per heavy atom. The van der Waals surface area contributed by atoms with Gasteiger partial charge in [0.25, 0.3) is 0 Å². The standard InChI is InChI=1S/C35H34N2O3S2/c1-23-5-13-28(14-6-23)37(29-15-7-24(2)8-16-29)30-17-11-25(12-18-30)9-10-26-19-27(21-35(3,4)20-26)32-33(40)42-34(36-32)41-22-31(38)39/h5-19H,20-22H2,1-4H3,(H,38,39)/b10-9+,32-27+. The maximum absolute atomic E-state index is 12.7. The Labute approximate surface area is 256 Å². The average molecular weight is 595 g/mol. The summed E-state index contributed by atoms with van der Waals surface area (Å²) in [5.41, 5.74) is 9.30. The van der Waals surface area contributed by atoms with Gasteiger partial charge in [-0.25, -0.2) is 4.99 Å². The summed E-state index contributed by atoms with van der Waals surface area (Å²) in [6.45, 7) is 8.59. The van der Waals surface area contributed by atoms with E-state index in [-0.39, 0.29) is 16.3 Å². The topological polar surface area (TPSA) is 70.0 Å². The van der Waals surface area contributed by atoms with Gasteiger partial charge < -0.3 is 10.0 Å². The summed E-state index contributed by atoms with van der Waals surface area (Å²) in [5, 5.41) is 8.86. The van der Waals surface area contributed by atoms with E-state index < -0.39 is 5.97 Å². The van der Waals surface area contributed by atoms with Crippen molar-refractivity contribution in [1.82, 2.24) is 0 Å². The van der Waals surface area contributed by atoms with Gasteiger partial charge >= 0.3 is 5.97 Å². The number of nitrogens with zero attached hydrogens (tertiary/aromatic N) is 2. The second kappa shape index (κ2) is 12.6. The van der Waals surface area contributed by atoms with Crippen LogP contribution in [0.25, 0.3) is 6.08 Å². The second-order valence-corrected chi connectivity index (χ2v) is 13.7. The lowest BCUT2D eigenvalue weighted by atomic mass is 9.74. The molecule has 1 N–H and O–H groups in total. The monoisotopic (exact) mass is 594 g/mol. The van der Waals surface area contributed by atoms with Crippen molar-refractivity contribution in [1.29, 1.82) is 0 Å². The number of aliphatic imine (C=N–C) groups is 1. The van der Waals surface area contributed by atoms with Crippen LogP contribution in [-0.2, 0) is 9.59 Å². The first-order chi connectivity index (χ1) is 20.1. The zero-order valence-electron chi connectivity index (χ0n) is 24.3. The summed E-state index contributed by atoms with van der Waals surface area (Å²) >= 11 is 2.12. The van der Waals surface area contributed by atoms with Gasteiger partial charge in [-0.15, -0.1) is 0 Å². The highest BCUT2D eigenvalue weighted by Gasteiger charge is 2.31. The molecule has 0 spiro atoms. The molecule has 1 aliphatic heterocycles. The lowest BCUT2D eigenvalue weighted by Crippen LogP contribution is -2.18. The van der Waals surface area contributed by atoms with Gasteiger partial charge in [0, 0.05) is 17.1 Å². The van der Waals surface area contributed by atoms with E-state index in [0.717, 1.165) is 70.1 Å². The molecule has 42 heavy (non-hydrogen) atoms. The fraction of sp³-hybridized carbons (Fsp3) is 0.229. The number of benzene rings is 3. The summed E-state index contributed by atoms with van der Waals surface area (Å²) in [6, 6.07) is 25.7. The number of hydrogen-bond donors (Lipinski definition) is 1. The van der Waals surface area contributed by atoms with Crippen molar-refractivity contribution in [2.24, 2.45) is 10.4 Å². The number of aryl methyl sites for hydroxylation is 2. The molecule has 0 unspecified atom stereocenters. The number of hydrogen-bond acceptors (Lipinski definition) is 6. The van der Waals surface area contributed by atoms with E-state index in [0.29, 0.717) is 10.1 Å². The number of carbonyl (C=O) groups excluding carboxylic acids is 1. The Kier molecular flexibility index (Phi) is 8.90. The van der Waals surface area contributed by atoms with Crippen LogP contribution in [0.2, 0.25) is 0 Å². The van der Waals surface area contributed by atoms with Gasteiger partial charge in [-0.05, 0) is 97.0 Å². The van der Waals surface area contributed by atoms with Crippen LogP contribution in [0.5, 0.6) is 0 Å². The lowest BCUT2D eigenvalue weighted by Gasteiger charge is -2.30. The molecule has 2 aliphatic rings. The molecule has 0 aromatic heterocycles. The Hall–Kier alpha value is -3.81. The van der Waals surface area contributed by atoms with Gasteiger partial charge in [0.2, 0.25) is 5.12 Å². The van der Waals surface area contributed by atoms with Crippen molar-refractivity contribution in [2.75, 3.05) is 10.7 Å². The molecule has 7 heteroatoms. The van der Waals surface area contributed by atoms with Crippen molar-refractivity contribution in [2.45, 2.75) is 40.5 Å². The fourth-order valence-electron chi connectivity index (χ4n) is 5.16. The molecule has 3 aromatic carbocycles. The normalized spacial score (nSPS) is 18.2. The SMILES string of the molecule is Cc1ccc(N(c2ccc(C)cc2)c2ccc(/C=C/C3=CC(=C4\N=C(SCC(=O)O)SC4=O)/CC(C)(C)C3)cc2)cc1. The number of allylic oxidation sites excluding steroid dienone is 4. The summed E-state index contributed by atoms with van der Waals surface area (Å²) in [5.74, 6) is -1.03. The third kappa shape index (κ3) is 7.33. The fourth-order valence-corrected chi connectivity index (χ4v) is 6.78. The molecule has 0 bridgehead atoms. The van der Waals surface area contributed by atoms with Crippen LogP contribution in [0.1, 0.15) is 43.4 Å². The van der Waals surface area contributed by atoms with Crippen LogP contribution >= 0.6 is 23.5 Å². The van der Waals surface area contributed by atoms with E-state index in [4.69, 9.17) is 5.11 Å². The molecule has 0 saturated heterocycles. The number of thioether (sulfide) groups is 2. The molecule has 0 radical (unpaired) electrons. The van der Waals surface area contributed by atoms with Crippen LogP contribution in [0.4, 0.5) is 17.1 Å². The van der Waals surface area contributed by atoms with Crippen LogP contribution < -0.4 is 4.90 Å². The quantitative estimate of drug-likeness (QED) is 0.275. The minimum atomic E-state index is -0.922. The average Bonchev–Trinajstić information content (AvgIpc) is 3.33. The van der Waals surface area contributed by atoms with Crippen molar-refractivity contribution in [3.63, 3.8) is 0 Å². The minimum absolute atomic E-state index is 0.0272. The number of carboxylic acids is 1. The Bertz CT molecular complexity index is 1570. The lowest BCUT2D eigenvalue weighted by molar-refractivity contribution is -0.133. The molecular weight excluding hydrogens is 561 g/mol. The number of carboxylic acid groups (broad SMARTS) is 1. The Balaban J connectivity index is 1.40. The van der Waals surface area contributed by atoms with Gasteiger partial charge in [0.1, 0.15) is 10.1 Å². The van der Waals surface area contributed by atoms with Crippen molar-refractivity contribution >= 4 is 62.1 Å². The molecule has 0 fully saturated rings. The predicted octanol–water partition coefficient (Wildman–Crippen LogP) is 9.23. The van der Waals surface area contributed by atoms with Crippen LogP contribution in [0.15, 0.2) is 107 Å². The molecule has 1 aliphatic carbocycles. The molecule has 0 saturated carbocycles. The minimum Gasteiger partial charge on any atom is -0.481 e. The van der Waals surface area contributed by atoms with Gasteiger partial charge in [0.05, 0.1) is 5.75 Å². The van der Waals surface area contributed by atoms with Crippen molar-refractivity contribution < 1.29 is 14.7 Å². The smallest absolute Gasteiger partial charge is 0.313 e. The zero-order valence-corrected chi connectivity index (χ0v) is 25.9. The van der Waals surface area contributed by atoms with Crippen molar-refractivity contribution in [3.8, 4) is 0 Å². The van der Waals surface area contributed by atoms with Crippen LogP contribution in [-0.4, -0.2) is 26.3 Å². The van der Waals surface area contributed by atoms with E-state index >= 15 is 0 Å². The zero-order chi connectivity index (χ0) is 29.9. The maximum Gasteiger partial charge on any atom is 0.313 e. The van der Waals surface area contributed by atoms with E-state index in [9.17, 15) is 9.59 Å². The van der Waals surface area contributed by atoms with Crippen molar-refractivity contribution in [3.05, 3.63) is 118 Å². The Morgan fingerprint density at radius 3 is 2.00 bits per heavy atom. The van der Waals surface area contributed by atoms with Gasteiger partial charge in [-0.3, -0.25) is 9.59 Å². The number of anilines is 3. The predicted molar refractivity (Wildman–Crippen MR) is 178 cm³/mol. The first-order valence-corrected chi connectivity index (χ1v) is 15.7. The summed E-state index contributed by atoms with van der Waals surface area (Å²) in [7, 11) is 0. The van der Waals surface area contributed by atoms with Gasteiger partial charge in [-0.2, -0.15) is 0 Å². The molecule has 214 valence electrons. The first-order valence-electron chi connectivity index (χ1n) is 13.9. The molecule has 5 rings (SSSR count). The largest absolute Gasteiger partial charge is 0.481 e. The maximum atomic E-state index is 12.7. The van der Waals surface area contributed by atoms with Gasteiger partial charge in [-0.1, -0.05) is 91.4 Å². The second-order valence-electron chi connectivity index (χ2n) is 11.5. The van der Waals surface area contributed by atoms with E-state index in [1.165, 1.54) is 11.1 Å².